The molecule has 2 amide bonds. The Balaban J connectivity index is 2.74. The molecule has 1 rings (SSSR count). The number of nitrogens with two attached hydrogens (primary N) is 1. The zero-order valence-corrected chi connectivity index (χ0v) is 13.0. The van der Waals surface area contributed by atoms with E-state index in [0.717, 1.165) is 0 Å². The molecule has 0 bridgehead atoms. The van der Waals surface area contributed by atoms with Gasteiger partial charge in [-0.15, -0.1) is 0 Å². The minimum atomic E-state index is -0.446. The SMILES string of the molecule is COCCN(Cc1ccc(F)cc1Cl)C(=O)CNC(=O)CN. The average molecular weight is 332 g/mol. The van der Waals surface area contributed by atoms with Crippen molar-refractivity contribution in [1.82, 2.24) is 10.2 Å². The lowest BCUT2D eigenvalue weighted by atomic mass is 10.2. The van der Waals surface area contributed by atoms with Crippen molar-refractivity contribution in [3.05, 3.63) is 34.6 Å². The number of hydrogen-bond donors (Lipinski definition) is 2. The number of hydrogen-bond acceptors (Lipinski definition) is 4. The molecule has 1 aromatic rings. The highest BCUT2D eigenvalue weighted by atomic mass is 35.5. The number of carbonyl (C=O) groups excluding carboxylic acids is 2. The molecule has 1 aromatic carbocycles. The van der Waals surface area contributed by atoms with Crippen LogP contribution in [0.25, 0.3) is 0 Å². The topological polar surface area (TPSA) is 84.7 Å². The molecule has 122 valence electrons. The van der Waals surface area contributed by atoms with E-state index in [1.54, 1.807) is 0 Å². The number of ether oxygens (including phenoxy) is 1. The first-order chi connectivity index (χ1) is 10.5. The molecular formula is C14H19ClFN3O3. The van der Waals surface area contributed by atoms with E-state index in [4.69, 9.17) is 22.1 Å². The van der Waals surface area contributed by atoms with Crippen LogP contribution in [0.15, 0.2) is 18.2 Å². The molecule has 0 fully saturated rings. The maximum absolute atomic E-state index is 13.1. The van der Waals surface area contributed by atoms with Crippen LogP contribution < -0.4 is 11.1 Å². The molecule has 0 saturated heterocycles. The second-order valence-electron chi connectivity index (χ2n) is 4.52. The van der Waals surface area contributed by atoms with Crippen LogP contribution in [-0.4, -0.2) is 50.1 Å². The molecule has 8 heteroatoms. The van der Waals surface area contributed by atoms with E-state index in [1.807, 2.05) is 0 Å². The van der Waals surface area contributed by atoms with E-state index in [1.165, 1.54) is 30.2 Å². The summed E-state index contributed by atoms with van der Waals surface area (Å²) < 4.78 is 18.0. The molecule has 0 aliphatic rings. The highest BCUT2D eigenvalue weighted by Gasteiger charge is 2.16. The number of amides is 2. The van der Waals surface area contributed by atoms with Gasteiger partial charge in [0.1, 0.15) is 5.82 Å². The van der Waals surface area contributed by atoms with Gasteiger partial charge in [0.25, 0.3) is 0 Å². The van der Waals surface area contributed by atoms with Crippen LogP contribution in [0.2, 0.25) is 5.02 Å². The van der Waals surface area contributed by atoms with Crippen LogP contribution in [0, 0.1) is 5.82 Å². The van der Waals surface area contributed by atoms with Crippen molar-refractivity contribution < 1.29 is 18.7 Å². The van der Waals surface area contributed by atoms with Gasteiger partial charge in [-0.2, -0.15) is 0 Å². The molecule has 0 aliphatic carbocycles. The summed E-state index contributed by atoms with van der Waals surface area (Å²) in [6.07, 6.45) is 0. The Morgan fingerprint density at radius 1 is 1.45 bits per heavy atom. The van der Waals surface area contributed by atoms with E-state index in [9.17, 15) is 14.0 Å². The number of benzene rings is 1. The number of methoxy groups -OCH3 is 1. The third kappa shape index (κ3) is 5.97. The first kappa shape index (κ1) is 18.3. The molecule has 0 heterocycles. The standard InChI is InChI=1S/C14H19ClFN3O3/c1-22-5-4-19(14(21)8-18-13(20)7-17)9-10-2-3-11(16)6-12(10)15/h2-3,6H,4-5,7-9,17H2,1H3,(H,18,20). The Bertz CT molecular complexity index is 528. The Labute approximate surface area is 133 Å². The summed E-state index contributed by atoms with van der Waals surface area (Å²) in [6, 6.07) is 3.98. The number of carbonyl (C=O) groups is 2. The van der Waals surface area contributed by atoms with Gasteiger partial charge in [0.05, 0.1) is 19.7 Å². The molecule has 3 N–H and O–H groups in total. The second kappa shape index (κ2) is 9.34. The molecule has 0 unspecified atom stereocenters. The van der Waals surface area contributed by atoms with Crippen LogP contribution in [0.5, 0.6) is 0 Å². The van der Waals surface area contributed by atoms with Gasteiger partial charge in [0.2, 0.25) is 11.8 Å². The number of halogens is 2. The molecule has 0 saturated carbocycles. The highest BCUT2D eigenvalue weighted by Crippen LogP contribution is 2.19. The van der Waals surface area contributed by atoms with Gasteiger partial charge in [-0.1, -0.05) is 17.7 Å². The summed E-state index contributed by atoms with van der Waals surface area (Å²) in [4.78, 5) is 24.7. The molecule has 0 atom stereocenters. The quantitative estimate of drug-likeness (QED) is 0.727. The summed E-state index contributed by atoms with van der Waals surface area (Å²) >= 11 is 5.97. The molecule has 0 aliphatic heterocycles. The number of rotatable bonds is 8. The first-order valence-electron chi connectivity index (χ1n) is 6.65. The van der Waals surface area contributed by atoms with Crippen molar-refractivity contribution in [3.8, 4) is 0 Å². The fourth-order valence-corrected chi connectivity index (χ4v) is 1.93. The van der Waals surface area contributed by atoms with Gasteiger partial charge >= 0.3 is 0 Å². The largest absolute Gasteiger partial charge is 0.383 e. The van der Waals surface area contributed by atoms with Crippen molar-refractivity contribution in [1.29, 1.82) is 0 Å². The lowest BCUT2D eigenvalue weighted by Gasteiger charge is -2.23. The Hall–Kier alpha value is -1.70. The van der Waals surface area contributed by atoms with Gasteiger partial charge in [0.15, 0.2) is 0 Å². The predicted molar refractivity (Wildman–Crippen MR) is 80.8 cm³/mol. The first-order valence-corrected chi connectivity index (χ1v) is 7.03. The minimum absolute atomic E-state index is 0.168. The van der Waals surface area contributed by atoms with E-state index >= 15 is 0 Å². The van der Waals surface area contributed by atoms with Gasteiger partial charge in [-0.25, -0.2) is 4.39 Å². The fourth-order valence-electron chi connectivity index (χ4n) is 1.71. The second-order valence-corrected chi connectivity index (χ2v) is 4.93. The fraction of sp³-hybridized carbons (Fsp3) is 0.429. The lowest BCUT2D eigenvalue weighted by molar-refractivity contribution is -0.133. The van der Waals surface area contributed by atoms with E-state index < -0.39 is 11.7 Å². The minimum Gasteiger partial charge on any atom is -0.383 e. The predicted octanol–water partition coefficient (Wildman–Crippen LogP) is 0.529. The molecule has 0 spiro atoms. The zero-order chi connectivity index (χ0) is 16.5. The van der Waals surface area contributed by atoms with E-state index in [2.05, 4.69) is 5.32 Å². The van der Waals surface area contributed by atoms with Crippen LogP contribution in [-0.2, 0) is 20.9 Å². The molecule has 0 aromatic heterocycles. The van der Waals surface area contributed by atoms with Crippen molar-refractivity contribution in [2.75, 3.05) is 33.4 Å². The summed E-state index contributed by atoms with van der Waals surface area (Å²) in [6.45, 7) is 0.491. The third-order valence-electron chi connectivity index (χ3n) is 2.92. The van der Waals surface area contributed by atoms with Crippen LogP contribution in [0.3, 0.4) is 0 Å². The van der Waals surface area contributed by atoms with Gasteiger partial charge in [0, 0.05) is 25.2 Å². The molecule has 22 heavy (non-hydrogen) atoms. The Kier molecular flexibility index (Phi) is 7.79. The highest BCUT2D eigenvalue weighted by molar-refractivity contribution is 6.31. The van der Waals surface area contributed by atoms with E-state index in [0.29, 0.717) is 18.7 Å². The maximum atomic E-state index is 13.1. The lowest BCUT2D eigenvalue weighted by Crippen LogP contribution is -2.42. The molecule has 6 nitrogen and oxygen atoms in total. The van der Waals surface area contributed by atoms with E-state index in [-0.39, 0.29) is 30.6 Å². The Morgan fingerprint density at radius 3 is 2.77 bits per heavy atom. The number of nitrogens with one attached hydrogen (secondary N) is 1. The van der Waals surface area contributed by atoms with Crippen LogP contribution >= 0.6 is 11.6 Å². The van der Waals surface area contributed by atoms with Gasteiger partial charge < -0.3 is 20.7 Å². The van der Waals surface area contributed by atoms with Crippen molar-refractivity contribution in [2.24, 2.45) is 5.73 Å². The molecular weight excluding hydrogens is 313 g/mol. The maximum Gasteiger partial charge on any atom is 0.242 e. The zero-order valence-electron chi connectivity index (χ0n) is 12.3. The summed E-state index contributed by atoms with van der Waals surface area (Å²) in [5.74, 6) is -1.17. The number of nitrogens with zero attached hydrogens (tertiary/aromatic N) is 1. The van der Waals surface area contributed by atoms with Crippen molar-refractivity contribution in [3.63, 3.8) is 0 Å². The summed E-state index contributed by atoms with van der Waals surface area (Å²) in [7, 11) is 1.52. The Morgan fingerprint density at radius 2 is 2.18 bits per heavy atom. The monoisotopic (exact) mass is 331 g/mol. The average Bonchev–Trinajstić information content (AvgIpc) is 2.50. The van der Waals surface area contributed by atoms with Gasteiger partial charge in [-0.3, -0.25) is 9.59 Å². The third-order valence-corrected chi connectivity index (χ3v) is 3.27. The smallest absolute Gasteiger partial charge is 0.242 e. The van der Waals surface area contributed by atoms with Crippen LogP contribution in [0.4, 0.5) is 4.39 Å². The van der Waals surface area contributed by atoms with Crippen molar-refractivity contribution in [2.45, 2.75) is 6.54 Å². The van der Waals surface area contributed by atoms with Crippen molar-refractivity contribution >= 4 is 23.4 Å². The normalized spacial score (nSPS) is 10.4. The summed E-state index contributed by atoms with van der Waals surface area (Å²) in [5.41, 5.74) is 5.77. The van der Waals surface area contributed by atoms with Crippen LogP contribution in [0.1, 0.15) is 5.56 Å². The summed E-state index contributed by atoms with van der Waals surface area (Å²) in [5, 5.41) is 2.65. The van der Waals surface area contributed by atoms with Gasteiger partial charge in [-0.05, 0) is 17.7 Å². The molecule has 0 radical (unpaired) electrons.